The molecule has 2 rings (SSSR count). The summed E-state index contributed by atoms with van der Waals surface area (Å²) in [5, 5.41) is 10.2. The van der Waals surface area contributed by atoms with Gasteiger partial charge < -0.3 is 10.5 Å². The Morgan fingerprint density at radius 2 is 2.00 bits per heavy atom. The van der Waals surface area contributed by atoms with Crippen molar-refractivity contribution in [1.82, 2.24) is 5.32 Å². The highest BCUT2D eigenvalue weighted by Gasteiger charge is 2.10. The van der Waals surface area contributed by atoms with E-state index in [-0.39, 0.29) is 27.7 Å². The highest BCUT2D eigenvalue weighted by atomic mass is 35.5. The zero-order valence-electron chi connectivity index (χ0n) is 13.2. The third-order valence-corrected chi connectivity index (χ3v) is 3.67. The second-order valence-corrected chi connectivity index (χ2v) is 5.20. The third kappa shape index (κ3) is 5.18. The van der Waals surface area contributed by atoms with Gasteiger partial charge in [-0.1, -0.05) is 30.3 Å². The lowest BCUT2D eigenvalue weighted by Crippen LogP contribution is -2.30. The van der Waals surface area contributed by atoms with Crippen LogP contribution in [0.2, 0.25) is 0 Å². The molecule has 0 radical (unpaired) electrons. The SMILES string of the molecule is Cl.N=C(NC(=O)OCc1ccccc1)c1ccc(CN)s1.[H+].[H+]. The Hall–Kier alpha value is -1.89. The fourth-order valence-electron chi connectivity index (χ4n) is 1.54. The van der Waals surface area contributed by atoms with Crippen LogP contribution in [-0.2, 0) is 17.9 Å². The van der Waals surface area contributed by atoms with Crippen LogP contribution >= 0.6 is 23.7 Å². The first kappa shape index (κ1) is 17.2. The summed E-state index contributed by atoms with van der Waals surface area (Å²) in [5.74, 6) is 0.0211. The van der Waals surface area contributed by atoms with E-state index in [1.54, 1.807) is 6.07 Å². The molecule has 4 N–H and O–H groups in total. The Balaban J connectivity index is 0. The lowest BCUT2D eigenvalue weighted by Gasteiger charge is -2.06. The van der Waals surface area contributed by atoms with Gasteiger partial charge in [0.1, 0.15) is 12.4 Å². The second kappa shape index (κ2) is 8.41. The molecule has 2 aromatic rings. The minimum Gasteiger partial charge on any atom is -0.444 e. The van der Waals surface area contributed by atoms with Crippen LogP contribution in [0.3, 0.4) is 0 Å². The molecule has 21 heavy (non-hydrogen) atoms. The number of thiophene rings is 1. The molecule has 0 spiro atoms. The van der Waals surface area contributed by atoms with Crippen LogP contribution in [0.15, 0.2) is 42.5 Å². The van der Waals surface area contributed by atoms with Crippen molar-refractivity contribution in [3.63, 3.8) is 0 Å². The minimum absolute atomic E-state index is 0. The van der Waals surface area contributed by atoms with Crippen molar-refractivity contribution in [3.8, 4) is 0 Å². The first-order chi connectivity index (χ1) is 9.69. The zero-order chi connectivity index (χ0) is 14.4. The molecule has 0 saturated carbocycles. The number of hydrogen-bond donors (Lipinski definition) is 3. The zero-order valence-corrected chi connectivity index (χ0v) is 12.8. The average Bonchev–Trinajstić information content (AvgIpc) is 2.95. The predicted molar refractivity (Wildman–Crippen MR) is 88.3 cm³/mol. The minimum atomic E-state index is -0.637. The van der Waals surface area contributed by atoms with E-state index in [4.69, 9.17) is 15.9 Å². The summed E-state index contributed by atoms with van der Waals surface area (Å²) in [5.41, 5.74) is 6.40. The van der Waals surface area contributed by atoms with Crippen LogP contribution in [0.25, 0.3) is 0 Å². The maximum atomic E-state index is 11.6. The van der Waals surface area contributed by atoms with Gasteiger partial charge in [0, 0.05) is 11.4 Å². The molecule has 112 valence electrons. The molecule has 1 aromatic heterocycles. The van der Waals surface area contributed by atoms with Crippen LogP contribution in [0.4, 0.5) is 4.79 Å². The van der Waals surface area contributed by atoms with Gasteiger partial charge in [-0.05, 0) is 17.7 Å². The standard InChI is InChI=1S/C14H15N3O2S.ClH/c15-8-11-6-7-12(20-11)13(16)17-14(18)19-9-10-4-2-1-3-5-10;/h1-7H,8-9,15H2,(H2,16,17,18);1H/p+2. The number of halogens is 1. The molecule has 7 heteroatoms. The number of nitrogens with one attached hydrogen (secondary N) is 2. The van der Waals surface area contributed by atoms with E-state index in [0.29, 0.717) is 11.4 Å². The molecule has 0 fully saturated rings. The predicted octanol–water partition coefficient (Wildman–Crippen LogP) is 3.11. The van der Waals surface area contributed by atoms with Gasteiger partial charge >= 0.3 is 8.95 Å². The number of ether oxygens (including phenoxy) is 1. The number of amides is 1. The van der Waals surface area contributed by atoms with Gasteiger partial charge in [-0.15, -0.1) is 23.7 Å². The highest BCUT2D eigenvalue weighted by molar-refractivity contribution is 7.14. The van der Waals surface area contributed by atoms with E-state index in [1.807, 2.05) is 36.4 Å². The summed E-state index contributed by atoms with van der Waals surface area (Å²) < 4.78 is 5.04. The monoisotopic (exact) mass is 327 g/mol. The molecule has 0 unspecified atom stereocenters. The summed E-state index contributed by atoms with van der Waals surface area (Å²) in [6.45, 7) is 0.606. The Kier molecular flexibility index (Phi) is 6.87. The first-order valence-electron chi connectivity index (χ1n) is 6.04. The molecule has 5 nitrogen and oxygen atoms in total. The highest BCUT2D eigenvalue weighted by Crippen LogP contribution is 2.15. The molecule has 0 saturated heterocycles. The average molecular weight is 328 g/mol. The van der Waals surface area contributed by atoms with Gasteiger partial charge in [-0.25, -0.2) is 4.79 Å². The Bertz CT molecular complexity index is 611. The third-order valence-electron chi connectivity index (χ3n) is 2.55. The summed E-state index contributed by atoms with van der Waals surface area (Å²) in [7, 11) is 0. The van der Waals surface area contributed by atoms with E-state index in [1.165, 1.54) is 11.3 Å². The van der Waals surface area contributed by atoms with Crippen LogP contribution < -0.4 is 11.1 Å². The number of benzene rings is 1. The van der Waals surface area contributed by atoms with E-state index in [0.717, 1.165) is 10.4 Å². The summed E-state index contributed by atoms with van der Waals surface area (Å²) in [6.07, 6.45) is -0.637. The van der Waals surface area contributed by atoms with Crippen LogP contribution in [-0.4, -0.2) is 11.9 Å². The molecule has 0 aliphatic carbocycles. The first-order valence-corrected chi connectivity index (χ1v) is 6.86. The molecule has 0 atom stereocenters. The van der Waals surface area contributed by atoms with Crippen molar-refractivity contribution in [2.75, 3.05) is 0 Å². The van der Waals surface area contributed by atoms with Crippen LogP contribution in [0, 0.1) is 5.41 Å². The van der Waals surface area contributed by atoms with E-state index < -0.39 is 6.09 Å². The molecule has 1 aromatic carbocycles. The molecule has 1 amide bonds. The van der Waals surface area contributed by atoms with Crippen LogP contribution in [0.5, 0.6) is 0 Å². The summed E-state index contributed by atoms with van der Waals surface area (Å²) >= 11 is 1.38. The number of carbonyl (C=O) groups excluding carboxylic acids is 1. The molecular weight excluding hydrogens is 310 g/mol. The Morgan fingerprint density at radius 1 is 1.29 bits per heavy atom. The van der Waals surface area contributed by atoms with Gasteiger partial charge in [0.15, 0.2) is 0 Å². The van der Waals surface area contributed by atoms with Gasteiger partial charge in [-0.2, -0.15) is 0 Å². The van der Waals surface area contributed by atoms with Crippen molar-refractivity contribution in [3.05, 3.63) is 57.8 Å². The number of hydrogen-bond acceptors (Lipinski definition) is 5. The number of alkyl carbamates (subject to hydrolysis) is 1. The summed E-state index contributed by atoms with van der Waals surface area (Å²) in [4.78, 5) is 13.2. The van der Waals surface area contributed by atoms with E-state index >= 15 is 0 Å². The van der Waals surface area contributed by atoms with E-state index in [9.17, 15) is 4.79 Å². The Morgan fingerprint density at radius 3 is 2.62 bits per heavy atom. The number of rotatable bonds is 4. The molecule has 0 aliphatic heterocycles. The van der Waals surface area contributed by atoms with Gasteiger partial charge in [-0.3, -0.25) is 10.7 Å². The fraction of sp³-hybridized carbons (Fsp3) is 0.143. The van der Waals surface area contributed by atoms with Gasteiger partial charge in [0.25, 0.3) is 0 Å². The fourth-order valence-corrected chi connectivity index (χ4v) is 2.34. The number of nitrogens with two attached hydrogens (primary N) is 1. The number of amidine groups is 1. The van der Waals surface area contributed by atoms with Crippen molar-refractivity contribution in [2.45, 2.75) is 13.2 Å². The maximum Gasteiger partial charge on any atom is 1.00 e. The number of carbonyl (C=O) groups is 1. The normalized spacial score (nSPS) is 9.57. The largest absolute Gasteiger partial charge is 1.00 e. The Labute approximate surface area is 136 Å². The smallest absolute Gasteiger partial charge is 0.444 e. The molecular formula is C14H18ClN3O2S+2. The topological polar surface area (TPSA) is 88.2 Å². The molecule has 1 heterocycles. The maximum absolute atomic E-state index is 11.6. The quantitative estimate of drug-likeness (QED) is 0.595. The van der Waals surface area contributed by atoms with Crippen molar-refractivity contribution in [1.29, 1.82) is 5.41 Å². The van der Waals surface area contributed by atoms with Crippen molar-refractivity contribution >= 4 is 35.7 Å². The molecule has 0 aliphatic rings. The van der Waals surface area contributed by atoms with Crippen molar-refractivity contribution < 1.29 is 12.4 Å². The second-order valence-electron chi connectivity index (χ2n) is 4.03. The van der Waals surface area contributed by atoms with Gasteiger partial charge in [0.05, 0.1) is 4.88 Å². The lowest BCUT2D eigenvalue weighted by atomic mass is 10.2. The van der Waals surface area contributed by atoms with Crippen LogP contribution in [0.1, 0.15) is 18.2 Å². The molecule has 0 bridgehead atoms. The lowest BCUT2D eigenvalue weighted by molar-refractivity contribution is 0.145. The van der Waals surface area contributed by atoms with E-state index in [2.05, 4.69) is 5.32 Å². The summed E-state index contributed by atoms with van der Waals surface area (Å²) in [6, 6.07) is 13.0. The van der Waals surface area contributed by atoms with Gasteiger partial charge in [0.2, 0.25) is 0 Å². The van der Waals surface area contributed by atoms with Crippen molar-refractivity contribution in [2.24, 2.45) is 5.73 Å².